The second-order valence-electron chi connectivity index (χ2n) is 5.84. The largest absolute Gasteiger partial charge is 0.481 e. The molecule has 0 saturated heterocycles. The first-order chi connectivity index (χ1) is 10.8. The molecule has 1 aliphatic carbocycles. The molecule has 0 heterocycles. The van der Waals surface area contributed by atoms with Crippen LogP contribution in [0, 0.1) is 5.92 Å². The predicted octanol–water partition coefficient (Wildman–Crippen LogP) is 0.968. The van der Waals surface area contributed by atoms with E-state index in [0.29, 0.717) is 0 Å². The summed E-state index contributed by atoms with van der Waals surface area (Å²) >= 11 is 0. The first-order valence-electron chi connectivity index (χ1n) is 7.40. The molecule has 1 aromatic rings. The van der Waals surface area contributed by atoms with Gasteiger partial charge in [0.15, 0.2) is 0 Å². The van der Waals surface area contributed by atoms with Gasteiger partial charge in [-0.1, -0.05) is 13.0 Å². The molecule has 1 amide bonds. The molecule has 1 atom stereocenters. The van der Waals surface area contributed by atoms with E-state index in [0.717, 1.165) is 12.8 Å². The summed E-state index contributed by atoms with van der Waals surface area (Å²) in [6.07, 6.45) is 1.63. The Kier molecular flexibility index (Phi) is 5.38. The summed E-state index contributed by atoms with van der Waals surface area (Å²) in [5, 5.41) is 11.3. The van der Waals surface area contributed by atoms with Crippen LogP contribution in [0.2, 0.25) is 0 Å². The van der Waals surface area contributed by atoms with Gasteiger partial charge in [0.1, 0.15) is 0 Å². The minimum atomic E-state index is -3.61. The Morgan fingerprint density at radius 2 is 2.04 bits per heavy atom. The fourth-order valence-corrected chi connectivity index (χ4v) is 3.38. The van der Waals surface area contributed by atoms with Gasteiger partial charge in [0, 0.05) is 24.6 Å². The van der Waals surface area contributed by atoms with Crippen LogP contribution in [0.5, 0.6) is 0 Å². The zero-order chi connectivity index (χ0) is 17.0. The van der Waals surface area contributed by atoms with Crippen molar-refractivity contribution < 1.29 is 23.1 Å². The second kappa shape index (κ2) is 7.10. The Morgan fingerprint density at radius 1 is 1.35 bits per heavy atom. The third-order valence-corrected chi connectivity index (χ3v) is 4.96. The summed E-state index contributed by atoms with van der Waals surface area (Å²) in [5.74, 6) is -1.56. The zero-order valence-electron chi connectivity index (χ0n) is 12.8. The van der Waals surface area contributed by atoms with Gasteiger partial charge >= 0.3 is 5.97 Å². The molecular formula is C15H20N2O5S. The smallest absolute Gasteiger partial charge is 0.303 e. The number of carbonyl (C=O) groups is 2. The second-order valence-corrected chi connectivity index (χ2v) is 7.55. The Balaban J connectivity index is 2.01. The van der Waals surface area contributed by atoms with Gasteiger partial charge in [-0.15, -0.1) is 0 Å². The van der Waals surface area contributed by atoms with E-state index in [2.05, 4.69) is 10.0 Å². The molecule has 1 saturated carbocycles. The number of hydrogen-bond donors (Lipinski definition) is 3. The molecule has 126 valence electrons. The van der Waals surface area contributed by atoms with E-state index >= 15 is 0 Å². The number of carbonyl (C=O) groups excluding carboxylic acids is 1. The van der Waals surface area contributed by atoms with Crippen molar-refractivity contribution in [1.29, 1.82) is 0 Å². The lowest BCUT2D eigenvalue weighted by atomic mass is 10.1. The van der Waals surface area contributed by atoms with Crippen LogP contribution in [0.25, 0.3) is 0 Å². The van der Waals surface area contributed by atoms with Crippen molar-refractivity contribution in [2.45, 2.75) is 37.1 Å². The van der Waals surface area contributed by atoms with Crippen LogP contribution in [0.3, 0.4) is 0 Å². The van der Waals surface area contributed by atoms with E-state index in [1.165, 1.54) is 24.3 Å². The van der Waals surface area contributed by atoms with Gasteiger partial charge in [-0.2, -0.15) is 0 Å². The summed E-state index contributed by atoms with van der Waals surface area (Å²) in [4.78, 5) is 22.7. The van der Waals surface area contributed by atoms with Gasteiger partial charge in [0.05, 0.1) is 4.90 Å². The molecule has 1 aliphatic rings. The summed E-state index contributed by atoms with van der Waals surface area (Å²) in [5.41, 5.74) is 0.228. The van der Waals surface area contributed by atoms with Crippen molar-refractivity contribution >= 4 is 21.9 Å². The number of carboxylic acids is 1. The first-order valence-corrected chi connectivity index (χ1v) is 8.88. The predicted molar refractivity (Wildman–Crippen MR) is 83.5 cm³/mol. The molecular weight excluding hydrogens is 320 g/mol. The molecule has 1 aromatic carbocycles. The highest BCUT2D eigenvalue weighted by Gasteiger charge is 2.28. The molecule has 0 aliphatic heterocycles. The fourth-order valence-electron chi connectivity index (χ4n) is 2.03. The van der Waals surface area contributed by atoms with E-state index in [-0.39, 0.29) is 35.4 Å². The highest BCUT2D eigenvalue weighted by atomic mass is 32.2. The molecule has 1 unspecified atom stereocenters. The van der Waals surface area contributed by atoms with Crippen LogP contribution in [0.1, 0.15) is 36.5 Å². The fraction of sp³-hybridized carbons (Fsp3) is 0.467. The number of sulfonamides is 1. The lowest BCUT2D eigenvalue weighted by molar-refractivity contribution is -0.137. The van der Waals surface area contributed by atoms with E-state index < -0.39 is 21.9 Å². The maximum atomic E-state index is 12.1. The van der Waals surface area contributed by atoms with Crippen LogP contribution in [-0.2, 0) is 14.8 Å². The summed E-state index contributed by atoms with van der Waals surface area (Å²) in [6, 6.07) is 5.79. The minimum Gasteiger partial charge on any atom is -0.481 e. The molecule has 23 heavy (non-hydrogen) atoms. The van der Waals surface area contributed by atoms with Gasteiger partial charge < -0.3 is 10.4 Å². The summed E-state index contributed by atoms with van der Waals surface area (Å²) in [7, 11) is -3.61. The average molecular weight is 340 g/mol. The van der Waals surface area contributed by atoms with Crippen LogP contribution in [0.15, 0.2) is 29.2 Å². The summed E-state index contributed by atoms with van der Waals surface area (Å²) < 4.78 is 26.8. The average Bonchev–Trinajstić information content (AvgIpc) is 3.27. The van der Waals surface area contributed by atoms with Crippen LogP contribution < -0.4 is 10.0 Å². The molecule has 8 heteroatoms. The molecule has 3 N–H and O–H groups in total. The third kappa shape index (κ3) is 5.33. The molecule has 0 spiro atoms. The topological polar surface area (TPSA) is 113 Å². The minimum absolute atomic E-state index is 0.00523. The molecule has 0 aromatic heterocycles. The monoisotopic (exact) mass is 340 g/mol. The number of hydrogen-bond acceptors (Lipinski definition) is 4. The highest BCUT2D eigenvalue weighted by Crippen LogP contribution is 2.22. The van der Waals surface area contributed by atoms with E-state index in [4.69, 9.17) is 5.11 Å². The molecule has 1 fully saturated rings. The van der Waals surface area contributed by atoms with Gasteiger partial charge in [-0.3, -0.25) is 9.59 Å². The number of carboxylic acid groups (broad SMARTS) is 1. The highest BCUT2D eigenvalue weighted by molar-refractivity contribution is 7.89. The van der Waals surface area contributed by atoms with Crippen LogP contribution >= 0.6 is 0 Å². The SMILES string of the molecule is CC(CNC(=O)c1cccc(S(=O)(=O)NC2CC2)c1)CC(=O)O. The lowest BCUT2D eigenvalue weighted by Gasteiger charge is -2.11. The standard InChI is InChI=1S/C15H20N2O5S/c1-10(7-14(18)19)9-16-15(20)11-3-2-4-13(8-11)23(21,22)17-12-5-6-12/h2-4,8,10,12,17H,5-7,9H2,1H3,(H,16,20)(H,18,19). The number of rotatable bonds is 8. The Bertz CT molecular complexity index is 698. The zero-order valence-corrected chi connectivity index (χ0v) is 13.6. The molecule has 0 bridgehead atoms. The van der Waals surface area contributed by atoms with Gasteiger partial charge in [-0.25, -0.2) is 13.1 Å². The Hall–Kier alpha value is -1.93. The lowest BCUT2D eigenvalue weighted by Crippen LogP contribution is -2.30. The number of benzene rings is 1. The van der Waals surface area contributed by atoms with E-state index in [1.54, 1.807) is 6.92 Å². The van der Waals surface area contributed by atoms with Crippen molar-refractivity contribution in [2.75, 3.05) is 6.54 Å². The Morgan fingerprint density at radius 3 is 2.65 bits per heavy atom. The van der Waals surface area contributed by atoms with Crippen LogP contribution in [-0.4, -0.2) is 38.0 Å². The number of aliphatic carboxylic acids is 1. The van der Waals surface area contributed by atoms with Gasteiger partial charge in [0.25, 0.3) is 5.91 Å². The van der Waals surface area contributed by atoms with Crippen molar-refractivity contribution in [3.63, 3.8) is 0 Å². The van der Waals surface area contributed by atoms with Crippen molar-refractivity contribution in [3.05, 3.63) is 29.8 Å². The molecule has 0 radical (unpaired) electrons. The summed E-state index contributed by atoms with van der Waals surface area (Å²) in [6.45, 7) is 1.93. The molecule has 2 rings (SSSR count). The molecule has 7 nitrogen and oxygen atoms in total. The van der Waals surface area contributed by atoms with E-state index in [9.17, 15) is 18.0 Å². The van der Waals surface area contributed by atoms with Gasteiger partial charge in [0.2, 0.25) is 10.0 Å². The quantitative estimate of drug-likeness (QED) is 0.653. The first kappa shape index (κ1) is 17.4. The van der Waals surface area contributed by atoms with Crippen molar-refractivity contribution in [1.82, 2.24) is 10.0 Å². The van der Waals surface area contributed by atoms with E-state index in [1.807, 2.05) is 0 Å². The Labute approximate surface area is 135 Å². The third-order valence-electron chi connectivity index (χ3n) is 3.44. The number of amides is 1. The normalized spacial score (nSPS) is 15.9. The maximum absolute atomic E-state index is 12.1. The maximum Gasteiger partial charge on any atom is 0.303 e. The number of nitrogens with one attached hydrogen (secondary N) is 2. The van der Waals surface area contributed by atoms with Crippen LogP contribution in [0.4, 0.5) is 0 Å². The van der Waals surface area contributed by atoms with Crippen molar-refractivity contribution in [3.8, 4) is 0 Å². The van der Waals surface area contributed by atoms with Gasteiger partial charge in [-0.05, 0) is 37.0 Å². The van der Waals surface area contributed by atoms with Crippen molar-refractivity contribution in [2.24, 2.45) is 5.92 Å².